The maximum Gasteiger partial charge on any atom is 0.246 e. The molecule has 3 aromatic carbocycles. The topological polar surface area (TPSA) is 37.6 Å². The molecule has 1 amide bonds. The summed E-state index contributed by atoms with van der Waals surface area (Å²) in [6.07, 6.45) is 7.64. The molecule has 5 rings (SSSR count). The van der Waals surface area contributed by atoms with Crippen LogP contribution in [0, 0.1) is 0 Å². The molecule has 5 aromatic rings. The Hall–Kier alpha value is -4.44. The standard InChI is InChI=1S/C30H25N3O/c1-32(2)29(34)18-15-22-13-16-23(17-14-22)26-19-27(24-9-5-3-6-10-24)30-31-28(21-33(30)20-26)25-11-7-4-8-12-25/h3-21H,1-2H3. The van der Waals surface area contributed by atoms with Crippen molar-refractivity contribution in [1.82, 2.24) is 14.3 Å². The molecule has 0 unspecified atom stereocenters. The van der Waals surface area contributed by atoms with E-state index < -0.39 is 0 Å². The average molecular weight is 444 g/mol. The van der Waals surface area contributed by atoms with Crippen molar-refractivity contribution < 1.29 is 4.79 Å². The quantitative estimate of drug-likeness (QED) is 0.293. The zero-order valence-corrected chi connectivity index (χ0v) is 19.2. The number of carbonyl (C=O) groups is 1. The zero-order valence-electron chi connectivity index (χ0n) is 19.2. The van der Waals surface area contributed by atoms with Gasteiger partial charge >= 0.3 is 0 Å². The number of hydrogen-bond donors (Lipinski definition) is 0. The molecule has 0 aliphatic heterocycles. The van der Waals surface area contributed by atoms with Crippen LogP contribution >= 0.6 is 0 Å². The maximum absolute atomic E-state index is 11.8. The van der Waals surface area contributed by atoms with Crippen molar-refractivity contribution in [3.8, 4) is 33.5 Å². The molecule has 0 fully saturated rings. The van der Waals surface area contributed by atoms with Gasteiger partial charge in [-0.3, -0.25) is 4.79 Å². The lowest BCUT2D eigenvalue weighted by molar-refractivity contribution is -0.123. The molecule has 34 heavy (non-hydrogen) atoms. The van der Waals surface area contributed by atoms with Crippen LogP contribution in [0.15, 0.2) is 109 Å². The van der Waals surface area contributed by atoms with Crippen LogP contribution in [0.1, 0.15) is 5.56 Å². The number of pyridine rings is 1. The largest absolute Gasteiger partial charge is 0.345 e. The highest BCUT2D eigenvalue weighted by Crippen LogP contribution is 2.32. The molecular formula is C30H25N3O. The number of carbonyl (C=O) groups excluding carboxylic acids is 1. The Morgan fingerprint density at radius 3 is 2.06 bits per heavy atom. The van der Waals surface area contributed by atoms with E-state index in [2.05, 4.69) is 71.4 Å². The maximum atomic E-state index is 11.8. The number of nitrogens with zero attached hydrogens (tertiary/aromatic N) is 3. The highest BCUT2D eigenvalue weighted by molar-refractivity contribution is 5.91. The van der Waals surface area contributed by atoms with Gasteiger partial charge in [0.05, 0.1) is 5.69 Å². The van der Waals surface area contributed by atoms with Gasteiger partial charge < -0.3 is 9.30 Å². The Balaban J connectivity index is 1.58. The summed E-state index contributed by atoms with van der Waals surface area (Å²) in [4.78, 5) is 18.4. The molecule has 0 spiro atoms. The molecule has 0 saturated carbocycles. The van der Waals surface area contributed by atoms with Crippen LogP contribution in [0.25, 0.3) is 45.2 Å². The zero-order chi connectivity index (χ0) is 23.5. The lowest BCUT2D eigenvalue weighted by atomic mass is 10.0. The van der Waals surface area contributed by atoms with Crippen molar-refractivity contribution >= 4 is 17.6 Å². The second-order valence-electron chi connectivity index (χ2n) is 8.42. The summed E-state index contributed by atoms with van der Waals surface area (Å²) < 4.78 is 2.11. The molecule has 0 bridgehead atoms. The van der Waals surface area contributed by atoms with Crippen LogP contribution in [0.5, 0.6) is 0 Å². The van der Waals surface area contributed by atoms with Crippen LogP contribution in [-0.2, 0) is 4.79 Å². The van der Waals surface area contributed by atoms with Crippen LogP contribution in [0.3, 0.4) is 0 Å². The Morgan fingerprint density at radius 1 is 0.765 bits per heavy atom. The first-order valence-electron chi connectivity index (χ1n) is 11.2. The van der Waals surface area contributed by atoms with Crippen LogP contribution in [0.4, 0.5) is 0 Å². The number of benzene rings is 3. The monoisotopic (exact) mass is 443 g/mol. The second-order valence-corrected chi connectivity index (χ2v) is 8.42. The first kappa shape index (κ1) is 21.4. The van der Waals surface area contributed by atoms with Gasteiger partial charge in [-0.15, -0.1) is 0 Å². The molecule has 0 aliphatic rings. The smallest absolute Gasteiger partial charge is 0.246 e. The molecule has 0 atom stereocenters. The van der Waals surface area contributed by atoms with Crippen molar-refractivity contribution in [3.63, 3.8) is 0 Å². The highest BCUT2D eigenvalue weighted by Gasteiger charge is 2.12. The van der Waals surface area contributed by atoms with E-state index in [9.17, 15) is 4.79 Å². The summed E-state index contributed by atoms with van der Waals surface area (Å²) in [7, 11) is 3.49. The van der Waals surface area contributed by atoms with Gasteiger partial charge in [0.25, 0.3) is 0 Å². The number of hydrogen-bond acceptors (Lipinski definition) is 2. The normalized spacial score (nSPS) is 11.2. The molecule has 0 saturated heterocycles. The Kier molecular flexibility index (Phi) is 5.79. The average Bonchev–Trinajstić information content (AvgIpc) is 3.32. The number of likely N-dealkylation sites (N-methyl/N-ethyl adjacent to an activating group) is 1. The lowest BCUT2D eigenvalue weighted by Crippen LogP contribution is -2.18. The summed E-state index contributed by atoms with van der Waals surface area (Å²) in [5.41, 5.74) is 8.36. The van der Waals surface area contributed by atoms with Crippen LogP contribution in [0.2, 0.25) is 0 Å². The minimum atomic E-state index is -0.0311. The van der Waals surface area contributed by atoms with E-state index in [4.69, 9.17) is 4.98 Å². The summed E-state index contributed by atoms with van der Waals surface area (Å²) in [5.74, 6) is -0.0311. The minimum Gasteiger partial charge on any atom is -0.345 e. The fourth-order valence-electron chi connectivity index (χ4n) is 3.94. The van der Waals surface area contributed by atoms with Crippen molar-refractivity contribution in [2.45, 2.75) is 0 Å². The third-order valence-electron chi connectivity index (χ3n) is 5.81. The third kappa shape index (κ3) is 4.39. The first-order valence-corrected chi connectivity index (χ1v) is 11.2. The van der Waals surface area contributed by atoms with Gasteiger partial charge in [-0.1, -0.05) is 84.9 Å². The Morgan fingerprint density at radius 2 is 1.41 bits per heavy atom. The summed E-state index contributed by atoms with van der Waals surface area (Å²) in [6, 6.07) is 31.0. The van der Waals surface area contributed by atoms with E-state index in [1.165, 1.54) is 0 Å². The summed E-state index contributed by atoms with van der Waals surface area (Å²) in [5, 5.41) is 0. The fraction of sp³-hybridized carbons (Fsp3) is 0.0667. The second kappa shape index (κ2) is 9.20. The number of imidazole rings is 1. The van der Waals surface area contributed by atoms with Crippen molar-refractivity contribution in [2.75, 3.05) is 14.1 Å². The molecule has 4 heteroatoms. The van der Waals surface area contributed by atoms with Crippen molar-refractivity contribution in [2.24, 2.45) is 0 Å². The number of aromatic nitrogens is 2. The van der Waals surface area contributed by atoms with Crippen molar-refractivity contribution in [1.29, 1.82) is 0 Å². The third-order valence-corrected chi connectivity index (χ3v) is 5.81. The van der Waals surface area contributed by atoms with E-state index in [0.29, 0.717) is 0 Å². The molecule has 166 valence electrons. The molecule has 2 aromatic heterocycles. The number of rotatable bonds is 5. The molecule has 2 heterocycles. The SMILES string of the molecule is CN(C)C(=O)C=Cc1ccc(-c2cc(-c3ccccc3)c3nc(-c4ccccc4)cn3c2)cc1. The van der Waals surface area contributed by atoms with Gasteiger partial charge in [-0.05, 0) is 34.4 Å². The van der Waals surface area contributed by atoms with E-state index in [0.717, 1.165) is 44.7 Å². The highest BCUT2D eigenvalue weighted by atomic mass is 16.2. The van der Waals surface area contributed by atoms with Crippen LogP contribution in [-0.4, -0.2) is 34.3 Å². The number of fused-ring (bicyclic) bond motifs is 1. The predicted molar refractivity (Wildman–Crippen MR) is 139 cm³/mol. The summed E-state index contributed by atoms with van der Waals surface area (Å²) >= 11 is 0. The van der Waals surface area contributed by atoms with E-state index >= 15 is 0 Å². The minimum absolute atomic E-state index is 0.0311. The van der Waals surface area contributed by atoms with Gasteiger partial charge in [0.1, 0.15) is 5.65 Å². The van der Waals surface area contributed by atoms with Gasteiger partial charge in [0.15, 0.2) is 0 Å². The van der Waals surface area contributed by atoms with Gasteiger partial charge in [-0.2, -0.15) is 0 Å². The van der Waals surface area contributed by atoms with E-state index in [1.807, 2.05) is 42.5 Å². The molecule has 4 nitrogen and oxygen atoms in total. The van der Waals surface area contributed by atoms with E-state index in [1.54, 1.807) is 25.1 Å². The Labute approximate surface area is 199 Å². The van der Waals surface area contributed by atoms with Gasteiger partial charge in [0.2, 0.25) is 5.91 Å². The number of amides is 1. The first-order chi connectivity index (χ1) is 16.6. The predicted octanol–water partition coefficient (Wildman–Crippen LogP) is 6.44. The lowest BCUT2D eigenvalue weighted by Gasteiger charge is -2.09. The molecule has 0 aliphatic carbocycles. The van der Waals surface area contributed by atoms with Gasteiger partial charge in [-0.25, -0.2) is 4.98 Å². The fourth-order valence-corrected chi connectivity index (χ4v) is 3.94. The van der Waals surface area contributed by atoms with Crippen LogP contribution < -0.4 is 0 Å². The van der Waals surface area contributed by atoms with Gasteiger partial charge in [0, 0.05) is 43.7 Å². The van der Waals surface area contributed by atoms with Crippen molar-refractivity contribution in [3.05, 3.63) is 115 Å². The Bertz CT molecular complexity index is 1460. The molecular weight excluding hydrogens is 418 g/mol. The van der Waals surface area contributed by atoms with E-state index in [-0.39, 0.29) is 5.91 Å². The molecule has 0 radical (unpaired) electrons. The summed E-state index contributed by atoms with van der Waals surface area (Å²) in [6.45, 7) is 0. The molecule has 0 N–H and O–H groups in total.